The van der Waals surface area contributed by atoms with Crippen molar-refractivity contribution in [2.24, 2.45) is 0 Å². The predicted molar refractivity (Wildman–Crippen MR) is 86.3 cm³/mol. The van der Waals surface area contributed by atoms with Crippen molar-refractivity contribution in [3.05, 3.63) is 27.0 Å². The third-order valence-corrected chi connectivity index (χ3v) is 6.00. The van der Waals surface area contributed by atoms with Gasteiger partial charge in [0, 0.05) is 13.1 Å². The number of likely N-dealkylation sites (tertiary alicyclic amines) is 1. The molecule has 1 amide bonds. The highest BCUT2D eigenvalue weighted by molar-refractivity contribution is 7.24. The maximum Gasteiger partial charge on any atom is 0.265 e. The summed E-state index contributed by atoms with van der Waals surface area (Å²) in [5.41, 5.74) is 0.740. The summed E-state index contributed by atoms with van der Waals surface area (Å²) >= 11 is 8.81. The van der Waals surface area contributed by atoms with Crippen molar-refractivity contribution in [2.45, 2.75) is 25.9 Å². The molecule has 112 valence electrons. The molecule has 3 rings (SSSR count). The van der Waals surface area contributed by atoms with E-state index in [2.05, 4.69) is 4.98 Å². The van der Waals surface area contributed by atoms with Crippen LogP contribution in [0.25, 0.3) is 9.88 Å². The van der Waals surface area contributed by atoms with E-state index in [1.807, 2.05) is 19.1 Å². The lowest BCUT2D eigenvalue weighted by Gasteiger charge is -2.29. The minimum atomic E-state index is -0.411. The highest BCUT2D eigenvalue weighted by Crippen LogP contribution is 2.35. The van der Waals surface area contributed by atoms with E-state index in [1.165, 1.54) is 22.7 Å². The quantitative estimate of drug-likeness (QED) is 0.909. The third-order valence-electron chi connectivity index (χ3n) is 3.46. The Morgan fingerprint density at radius 2 is 2.29 bits per heavy atom. The van der Waals surface area contributed by atoms with Gasteiger partial charge in [0.05, 0.1) is 21.0 Å². The Labute approximate surface area is 136 Å². The molecule has 1 aliphatic rings. The number of aromatic nitrogens is 1. The SMILES string of the molecule is Cc1nc(-c2ccc(Cl)s2)sc1C(=O)N1CCCC(O)C1. The molecule has 21 heavy (non-hydrogen) atoms. The van der Waals surface area contributed by atoms with Crippen LogP contribution in [0.2, 0.25) is 4.34 Å². The van der Waals surface area contributed by atoms with Crippen molar-refractivity contribution in [1.29, 1.82) is 0 Å². The highest BCUT2D eigenvalue weighted by atomic mass is 35.5. The van der Waals surface area contributed by atoms with Gasteiger partial charge < -0.3 is 10.0 Å². The lowest BCUT2D eigenvalue weighted by Crippen LogP contribution is -2.42. The van der Waals surface area contributed by atoms with Crippen molar-refractivity contribution >= 4 is 40.2 Å². The fourth-order valence-corrected chi connectivity index (χ4v) is 4.54. The molecule has 1 aliphatic heterocycles. The lowest BCUT2D eigenvalue weighted by atomic mass is 10.1. The van der Waals surface area contributed by atoms with Gasteiger partial charge in [-0.3, -0.25) is 4.79 Å². The molecule has 4 nitrogen and oxygen atoms in total. The second-order valence-electron chi connectivity index (χ2n) is 5.08. The first-order valence-electron chi connectivity index (χ1n) is 6.75. The molecule has 0 spiro atoms. The minimum absolute atomic E-state index is 0.0300. The third kappa shape index (κ3) is 3.13. The zero-order valence-corrected chi connectivity index (χ0v) is 13.9. The van der Waals surface area contributed by atoms with Crippen molar-refractivity contribution in [1.82, 2.24) is 9.88 Å². The monoisotopic (exact) mass is 342 g/mol. The van der Waals surface area contributed by atoms with Gasteiger partial charge in [-0.05, 0) is 31.9 Å². The van der Waals surface area contributed by atoms with Gasteiger partial charge in [-0.1, -0.05) is 11.6 Å². The number of aliphatic hydroxyl groups excluding tert-OH is 1. The first-order valence-corrected chi connectivity index (χ1v) is 8.76. The number of piperidine rings is 1. The number of nitrogens with zero attached hydrogens (tertiary/aromatic N) is 2. The van der Waals surface area contributed by atoms with E-state index in [4.69, 9.17) is 11.6 Å². The van der Waals surface area contributed by atoms with Crippen LogP contribution in [0, 0.1) is 6.92 Å². The Balaban J connectivity index is 1.85. The van der Waals surface area contributed by atoms with Gasteiger partial charge in [-0.2, -0.15) is 0 Å². The molecule has 1 N–H and O–H groups in total. The molecule has 0 saturated carbocycles. The van der Waals surface area contributed by atoms with E-state index in [1.54, 1.807) is 4.90 Å². The summed E-state index contributed by atoms with van der Waals surface area (Å²) in [4.78, 5) is 20.4. The van der Waals surface area contributed by atoms with Gasteiger partial charge in [-0.15, -0.1) is 22.7 Å². The van der Waals surface area contributed by atoms with Crippen LogP contribution in [0.15, 0.2) is 12.1 Å². The number of carbonyl (C=O) groups is 1. The second-order valence-corrected chi connectivity index (χ2v) is 7.80. The second kappa shape index (κ2) is 6.04. The maximum absolute atomic E-state index is 12.6. The molecule has 0 aromatic carbocycles. The molecular formula is C14H15ClN2O2S2. The Morgan fingerprint density at radius 1 is 1.48 bits per heavy atom. The number of rotatable bonds is 2. The van der Waals surface area contributed by atoms with Crippen LogP contribution >= 0.6 is 34.3 Å². The number of aliphatic hydroxyl groups is 1. The minimum Gasteiger partial charge on any atom is -0.391 e. The van der Waals surface area contributed by atoms with Crippen molar-refractivity contribution in [3.8, 4) is 9.88 Å². The van der Waals surface area contributed by atoms with Crippen LogP contribution in [-0.4, -0.2) is 40.1 Å². The molecule has 0 aliphatic carbocycles. The Bertz CT molecular complexity index is 668. The number of halogens is 1. The van der Waals surface area contributed by atoms with E-state index in [9.17, 15) is 9.90 Å². The molecule has 0 bridgehead atoms. The first kappa shape index (κ1) is 15.0. The normalized spacial score (nSPS) is 19.0. The van der Waals surface area contributed by atoms with Gasteiger partial charge in [0.1, 0.15) is 9.88 Å². The molecule has 2 aromatic rings. The van der Waals surface area contributed by atoms with E-state index in [0.29, 0.717) is 22.3 Å². The van der Waals surface area contributed by atoms with Crippen molar-refractivity contribution in [3.63, 3.8) is 0 Å². The number of hydrogen-bond donors (Lipinski definition) is 1. The van der Waals surface area contributed by atoms with E-state index in [-0.39, 0.29) is 5.91 Å². The number of amides is 1. The number of thiazole rings is 1. The predicted octanol–water partition coefficient (Wildman–Crippen LogP) is 3.43. The molecule has 2 aromatic heterocycles. The molecular weight excluding hydrogens is 328 g/mol. The number of aryl methyl sites for hydroxylation is 1. The number of β-amino-alcohol motifs (C(OH)–C–C–N with tert-alkyl or cyclic N) is 1. The zero-order valence-electron chi connectivity index (χ0n) is 11.5. The Hall–Kier alpha value is -0.950. The molecule has 1 unspecified atom stereocenters. The highest BCUT2D eigenvalue weighted by Gasteiger charge is 2.26. The lowest BCUT2D eigenvalue weighted by molar-refractivity contribution is 0.0477. The average molecular weight is 343 g/mol. The molecule has 1 atom stereocenters. The number of thiophene rings is 1. The van der Waals surface area contributed by atoms with Crippen LogP contribution in [0.1, 0.15) is 28.2 Å². The molecule has 3 heterocycles. The number of carbonyl (C=O) groups excluding carboxylic acids is 1. The molecule has 7 heteroatoms. The zero-order chi connectivity index (χ0) is 15.0. The molecule has 1 fully saturated rings. The van der Waals surface area contributed by atoms with Gasteiger partial charge in [-0.25, -0.2) is 4.98 Å². The van der Waals surface area contributed by atoms with E-state index >= 15 is 0 Å². The van der Waals surface area contributed by atoms with Crippen LogP contribution in [0.4, 0.5) is 0 Å². The van der Waals surface area contributed by atoms with Crippen molar-refractivity contribution < 1.29 is 9.90 Å². The summed E-state index contributed by atoms with van der Waals surface area (Å²) in [5.74, 6) is -0.0300. The van der Waals surface area contributed by atoms with E-state index in [0.717, 1.165) is 28.4 Å². The maximum atomic E-state index is 12.6. The molecule has 0 radical (unpaired) electrons. The van der Waals surface area contributed by atoms with Gasteiger partial charge in [0.25, 0.3) is 5.91 Å². The summed E-state index contributed by atoms with van der Waals surface area (Å²) in [7, 11) is 0. The van der Waals surface area contributed by atoms with Gasteiger partial charge in [0.2, 0.25) is 0 Å². The largest absolute Gasteiger partial charge is 0.391 e. The van der Waals surface area contributed by atoms with Gasteiger partial charge >= 0.3 is 0 Å². The summed E-state index contributed by atoms with van der Waals surface area (Å²) in [6, 6.07) is 3.75. The summed E-state index contributed by atoms with van der Waals surface area (Å²) < 4.78 is 0.713. The fraction of sp³-hybridized carbons (Fsp3) is 0.429. The number of hydrogen-bond acceptors (Lipinski definition) is 5. The summed E-state index contributed by atoms with van der Waals surface area (Å²) in [6.07, 6.45) is 1.20. The van der Waals surface area contributed by atoms with Crippen LogP contribution < -0.4 is 0 Å². The first-order chi connectivity index (χ1) is 10.0. The topological polar surface area (TPSA) is 53.4 Å². The standard InChI is InChI=1S/C14H15ClN2O2S2/c1-8-12(14(19)17-6-2-3-9(18)7-17)21-13(16-8)10-4-5-11(15)20-10/h4-5,9,18H,2-3,6-7H2,1H3. The van der Waals surface area contributed by atoms with Crippen LogP contribution in [0.3, 0.4) is 0 Å². The van der Waals surface area contributed by atoms with Crippen LogP contribution in [-0.2, 0) is 0 Å². The van der Waals surface area contributed by atoms with Gasteiger partial charge in [0.15, 0.2) is 0 Å². The summed E-state index contributed by atoms with van der Waals surface area (Å²) in [5, 5.41) is 10.5. The Morgan fingerprint density at radius 3 is 2.95 bits per heavy atom. The average Bonchev–Trinajstić information content (AvgIpc) is 3.04. The van der Waals surface area contributed by atoms with Crippen LogP contribution in [0.5, 0.6) is 0 Å². The fourth-order valence-electron chi connectivity index (χ4n) is 2.41. The van der Waals surface area contributed by atoms with E-state index < -0.39 is 6.10 Å². The Kier molecular flexibility index (Phi) is 4.31. The summed E-state index contributed by atoms with van der Waals surface area (Å²) in [6.45, 7) is 2.96. The van der Waals surface area contributed by atoms with Crippen molar-refractivity contribution in [2.75, 3.05) is 13.1 Å². The smallest absolute Gasteiger partial charge is 0.265 e. The molecule has 1 saturated heterocycles.